The van der Waals surface area contributed by atoms with Crippen LogP contribution in [-0.4, -0.2) is 6.54 Å². The number of aryl methyl sites for hydroxylation is 1. The molecule has 0 radical (unpaired) electrons. The van der Waals surface area contributed by atoms with E-state index in [1.165, 1.54) is 16.0 Å². The highest BCUT2D eigenvalue weighted by molar-refractivity contribution is 9.10. The molecule has 0 spiro atoms. The van der Waals surface area contributed by atoms with E-state index in [1.54, 1.807) is 11.9 Å². The van der Waals surface area contributed by atoms with Gasteiger partial charge >= 0.3 is 0 Å². The topological polar surface area (TPSA) is 12.0 Å². The van der Waals surface area contributed by atoms with Gasteiger partial charge in [-0.3, -0.25) is 4.72 Å². The lowest BCUT2D eigenvalue weighted by atomic mass is 10.1. The second kappa shape index (κ2) is 7.73. The Morgan fingerprint density at radius 2 is 1.68 bits per heavy atom. The molecule has 0 fully saturated rings. The smallest absolute Gasteiger partial charge is 0.0370 e. The Morgan fingerprint density at radius 3 is 2.37 bits per heavy atom. The second-order valence-corrected chi connectivity index (χ2v) is 6.13. The molecule has 0 aromatic heterocycles. The summed E-state index contributed by atoms with van der Waals surface area (Å²) in [6.07, 6.45) is 2.16. The maximum absolute atomic E-state index is 3.55. The lowest BCUT2D eigenvalue weighted by Crippen LogP contribution is -2.08. The molecule has 0 atom stereocenters. The Labute approximate surface area is 128 Å². The van der Waals surface area contributed by atoms with Gasteiger partial charge in [-0.1, -0.05) is 43.3 Å². The summed E-state index contributed by atoms with van der Waals surface area (Å²) < 4.78 is 4.54. The van der Waals surface area contributed by atoms with Gasteiger partial charge in [0.15, 0.2) is 0 Å². The number of benzene rings is 2. The van der Waals surface area contributed by atoms with Crippen molar-refractivity contribution in [1.82, 2.24) is 4.72 Å². The van der Waals surface area contributed by atoms with Crippen molar-refractivity contribution < 1.29 is 0 Å². The highest BCUT2D eigenvalue weighted by atomic mass is 79.9. The molecule has 0 bridgehead atoms. The maximum Gasteiger partial charge on any atom is 0.0370 e. The van der Waals surface area contributed by atoms with Gasteiger partial charge in [-0.15, -0.1) is 0 Å². The Bertz CT molecular complexity index is 510. The molecule has 0 saturated carbocycles. The van der Waals surface area contributed by atoms with E-state index >= 15 is 0 Å². The van der Waals surface area contributed by atoms with Crippen LogP contribution in [0.1, 0.15) is 18.1 Å². The monoisotopic (exact) mass is 335 g/mol. The van der Waals surface area contributed by atoms with Crippen molar-refractivity contribution in [2.24, 2.45) is 0 Å². The van der Waals surface area contributed by atoms with Crippen LogP contribution in [0.2, 0.25) is 0 Å². The van der Waals surface area contributed by atoms with Crippen molar-refractivity contribution in [2.45, 2.75) is 24.7 Å². The van der Waals surface area contributed by atoms with Gasteiger partial charge in [0.2, 0.25) is 0 Å². The van der Waals surface area contributed by atoms with Gasteiger partial charge in [0, 0.05) is 15.9 Å². The molecule has 0 aliphatic carbocycles. The Hall–Kier alpha value is -0.770. The highest BCUT2D eigenvalue weighted by Crippen LogP contribution is 2.24. The van der Waals surface area contributed by atoms with Gasteiger partial charge < -0.3 is 0 Å². The molecule has 0 aliphatic heterocycles. The van der Waals surface area contributed by atoms with Crippen LogP contribution in [0.3, 0.4) is 0 Å². The van der Waals surface area contributed by atoms with Crippen LogP contribution in [-0.2, 0) is 12.8 Å². The molecule has 100 valence electrons. The van der Waals surface area contributed by atoms with Gasteiger partial charge in [-0.25, -0.2) is 0 Å². The van der Waals surface area contributed by atoms with Crippen LogP contribution >= 0.6 is 27.9 Å². The predicted octanol–water partition coefficient (Wildman–Crippen LogP) is 4.85. The summed E-state index contributed by atoms with van der Waals surface area (Å²) in [5.41, 5.74) is 2.79. The van der Waals surface area contributed by atoms with E-state index in [0.29, 0.717) is 0 Å². The molecule has 0 heterocycles. The minimum Gasteiger partial charge on any atom is -0.260 e. The van der Waals surface area contributed by atoms with Crippen LogP contribution in [0, 0.1) is 0 Å². The van der Waals surface area contributed by atoms with Gasteiger partial charge in [0.25, 0.3) is 0 Å². The molecule has 2 aromatic rings. The molecule has 19 heavy (non-hydrogen) atoms. The number of hydrogen-bond donors (Lipinski definition) is 1. The predicted molar refractivity (Wildman–Crippen MR) is 87.5 cm³/mol. The first-order chi connectivity index (χ1) is 9.29. The third kappa shape index (κ3) is 4.68. The first kappa shape index (κ1) is 14.6. The van der Waals surface area contributed by atoms with Crippen molar-refractivity contribution in [3.8, 4) is 0 Å². The summed E-state index contributed by atoms with van der Waals surface area (Å²) in [5.74, 6) is 0. The average Bonchev–Trinajstić information content (AvgIpc) is 2.46. The minimum absolute atomic E-state index is 0.970. The fourth-order valence-corrected chi connectivity index (χ4v) is 2.99. The molecule has 0 saturated heterocycles. The Kier molecular flexibility index (Phi) is 5.95. The van der Waals surface area contributed by atoms with E-state index in [9.17, 15) is 0 Å². The van der Waals surface area contributed by atoms with Crippen molar-refractivity contribution in [3.63, 3.8) is 0 Å². The van der Waals surface area contributed by atoms with E-state index < -0.39 is 0 Å². The van der Waals surface area contributed by atoms with Crippen LogP contribution in [0.4, 0.5) is 0 Å². The summed E-state index contributed by atoms with van der Waals surface area (Å²) >= 11 is 5.23. The van der Waals surface area contributed by atoms with E-state index in [-0.39, 0.29) is 0 Å². The maximum atomic E-state index is 3.55. The summed E-state index contributed by atoms with van der Waals surface area (Å²) in [6, 6.07) is 17.1. The zero-order valence-corrected chi connectivity index (χ0v) is 13.4. The largest absolute Gasteiger partial charge is 0.260 e. The van der Waals surface area contributed by atoms with Crippen LogP contribution in [0.25, 0.3) is 0 Å². The summed E-state index contributed by atoms with van der Waals surface area (Å²) in [7, 11) is 0. The van der Waals surface area contributed by atoms with E-state index in [2.05, 4.69) is 70.0 Å². The highest BCUT2D eigenvalue weighted by Gasteiger charge is 1.99. The molecule has 3 heteroatoms. The Balaban J connectivity index is 1.76. The standard InChI is InChI=1S/C16H18BrNS/c1-2-13-7-9-14(10-8-13)11-12-18-19-16-6-4-3-5-15(16)17/h3-10,18H,2,11-12H2,1H3. The summed E-state index contributed by atoms with van der Waals surface area (Å²) in [4.78, 5) is 1.23. The number of hydrogen-bond acceptors (Lipinski definition) is 2. The van der Waals surface area contributed by atoms with Gasteiger partial charge in [-0.2, -0.15) is 0 Å². The van der Waals surface area contributed by atoms with E-state index in [0.717, 1.165) is 23.9 Å². The zero-order valence-electron chi connectivity index (χ0n) is 11.0. The summed E-state index contributed by atoms with van der Waals surface area (Å²) in [5, 5.41) is 0. The molecule has 2 aromatic carbocycles. The fraction of sp³-hybridized carbons (Fsp3) is 0.250. The van der Waals surface area contributed by atoms with Crippen molar-refractivity contribution in [2.75, 3.05) is 6.54 Å². The van der Waals surface area contributed by atoms with E-state index in [1.807, 2.05) is 6.07 Å². The molecule has 0 amide bonds. The lowest BCUT2D eigenvalue weighted by molar-refractivity contribution is 0.905. The zero-order chi connectivity index (χ0) is 13.5. The van der Waals surface area contributed by atoms with Gasteiger partial charge in [0.05, 0.1) is 0 Å². The van der Waals surface area contributed by atoms with Gasteiger partial charge in [-0.05, 0) is 64.0 Å². The van der Waals surface area contributed by atoms with Crippen molar-refractivity contribution >= 4 is 27.9 Å². The molecular weight excluding hydrogens is 318 g/mol. The molecule has 0 aliphatic rings. The molecule has 2 rings (SSSR count). The van der Waals surface area contributed by atoms with Crippen molar-refractivity contribution in [1.29, 1.82) is 0 Å². The number of halogens is 1. The minimum atomic E-state index is 0.970. The molecular formula is C16H18BrNS. The molecule has 1 N–H and O–H groups in total. The fourth-order valence-electron chi connectivity index (χ4n) is 1.79. The number of rotatable bonds is 6. The van der Waals surface area contributed by atoms with Crippen LogP contribution < -0.4 is 4.72 Å². The SMILES string of the molecule is CCc1ccc(CCNSc2ccccc2Br)cc1. The van der Waals surface area contributed by atoms with Crippen molar-refractivity contribution in [3.05, 3.63) is 64.1 Å². The first-order valence-corrected chi connectivity index (χ1v) is 8.12. The third-order valence-corrected chi connectivity index (χ3v) is 4.84. The third-order valence-electron chi connectivity index (χ3n) is 2.97. The average molecular weight is 336 g/mol. The molecule has 0 unspecified atom stereocenters. The first-order valence-electron chi connectivity index (χ1n) is 6.51. The van der Waals surface area contributed by atoms with Crippen LogP contribution in [0.5, 0.6) is 0 Å². The van der Waals surface area contributed by atoms with Gasteiger partial charge in [0.1, 0.15) is 0 Å². The Morgan fingerprint density at radius 1 is 1.00 bits per heavy atom. The lowest BCUT2D eigenvalue weighted by Gasteiger charge is -2.06. The normalized spacial score (nSPS) is 10.6. The quantitative estimate of drug-likeness (QED) is 0.598. The molecule has 1 nitrogen and oxygen atoms in total. The second-order valence-electron chi connectivity index (χ2n) is 4.35. The van der Waals surface area contributed by atoms with Crippen LogP contribution in [0.15, 0.2) is 57.9 Å². The van der Waals surface area contributed by atoms with E-state index in [4.69, 9.17) is 0 Å². The summed E-state index contributed by atoms with van der Waals surface area (Å²) in [6.45, 7) is 3.16. The number of nitrogens with one attached hydrogen (secondary N) is 1.